The molecule has 0 aliphatic carbocycles. The lowest BCUT2D eigenvalue weighted by atomic mass is 9.81. The molecule has 0 radical (unpaired) electrons. The fourth-order valence-electron chi connectivity index (χ4n) is 5.48. The SMILES string of the molecule is C=C(C)C(=O)OCCCc1cc(-c2ccc(-c3ccccc3)cc2)cc(CCCOC(=O)C(=C)C)c1OCCC(CO)(CO)CCCC. The van der Waals surface area contributed by atoms with Gasteiger partial charge < -0.3 is 24.4 Å². The van der Waals surface area contributed by atoms with Crippen LogP contribution in [0, 0.1) is 5.41 Å². The van der Waals surface area contributed by atoms with Crippen LogP contribution in [-0.4, -0.2) is 55.2 Å². The molecule has 0 atom stereocenters. The van der Waals surface area contributed by atoms with Gasteiger partial charge in [0, 0.05) is 16.6 Å². The van der Waals surface area contributed by atoms with Crippen molar-refractivity contribution >= 4 is 11.9 Å². The molecule has 3 rings (SSSR count). The number of hydrogen-bond acceptors (Lipinski definition) is 7. The summed E-state index contributed by atoms with van der Waals surface area (Å²) in [6.45, 7) is 13.2. The predicted octanol–water partition coefficient (Wildman–Crippen LogP) is 8.05. The van der Waals surface area contributed by atoms with Gasteiger partial charge in [0.25, 0.3) is 0 Å². The Morgan fingerprint density at radius 1 is 0.667 bits per heavy atom. The molecular weight excluding hydrogens is 604 g/mol. The topological polar surface area (TPSA) is 102 Å². The smallest absolute Gasteiger partial charge is 0.333 e. The van der Waals surface area contributed by atoms with Gasteiger partial charge in [0.1, 0.15) is 5.75 Å². The van der Waals surface area contributed by atoms with E-state index in [1.807, 2.05) is 18.2 Å². The van der Waals surface area contributed by atoms with Crippen molar-refractivity contribution in [2.75, 3.05) is 33.0 Å². The summed E-state index contributed by atoms with van der Waals surface area (Å²) in [6.07, 6.45) is 5.41. The number of aliphatic hydroxyl groups is 2. The van der Waals surface area contributed by atoms with Crippen LogP contribution in [0.25, 0.3) is 22.3 Å². The summed E-state index contributed by atoms with van der Waals surface area (Å²) in [7, 11) is 0. The van der Waals surface area contributed by atoms with E-state index < -0.39 is 17.4 Å². The highest BCUT2D eigenvalue weighted by Crippen LogP contribution is 2.35. The molecule has 0 amide bonds. The molecule has 0 bridgehead atoms. The van der Waals surface area contributed by atoms with Gasteiger partial charge in [-0.05, 0) is 97.9 Å². The first kappa shape index (κ1) is 38.2. The third-order valence-electron chi connectivity index (χ3n) is 8.52. The quantitative estimate of drug-likeness (QED) is 0.0680. The molecule has 7 nitrogen and oxygen atoms in total. The summed E-state index contributed by atoms with van der Waals surface area (Å²) in [6, 6.07) is 22.9. The average Bonchev–Trinajstić information content (AvgIpc) is 3.10. The molecule has 0 saturated carbocycles. The number of carbonyl (C=O) groups excluding carboxylic acids is 2. The van der Waals surface area contributed by atoms with Crippen molar-refractivity contribution in [3.05, 3.63) is 102 Å². The zero-order valence-corrected chi connectivity index (χ0v) is 28.9. The molecule has 0 spiro atoms. The second-order valence-electron chi connectivity index (χ2n) is 12.6. The Morgan fingerprint density at radius 2 is 1.15 bits per heavy atom. The number of aryl methyl sites for hydroxylation is 2. The van der Waals surface area contributed by atoms with Crippen molar-refractivity contribution in [1.29, 1.82) is 0 Å². The monoisotopic (exact) mass is 656 g/mol. The molecule has 0 unspecified atom stereocenters. The summed E-state index contributed by atoms with van der Waals surface area (Å²) in [4.78, 5) is 24.0. The Bertz CT molecular complexity index is 1430. The van der Waals surface area contributed by atoms with Crippen LogP contribution in [0.3, 0.4) is 0 Å². The van der Waals surface area contributed by atoms with E-state index in [9.17, 15) is 19.8 Å². The molecule has 0 aromatic heterocycles. The second kappa shape index (κ2) is 19.6. The number of aliphatic hydroxyl groups excluding tert-OH is 2. The lowest BCUT2D eigenvalue weighted by Gasteiger charge is -2.30. The van der Waals surface area contributed by atoms with Gasteiger partial charge in [-0.2, -0.15) is 0 Å². The van der Waals surface area contributed by atoms with Gasteiger partial charge in [-0.15, -0.1) is 0 Å². The maximum atomic E-state index is 12.0. The van der Waals surface area contributed by atoms with Crippen LogP contribution in [0.15, 0.2) is 91.0 Å². The van der Waals surface area contributed by atoms with E-state index in [2.05, 4.69) is 68.6 Å². The van der Waals surface area contributed by atoms with Crippen LogP contribution >= 0.6 is 0 Å². The molecule has 0 saturated heterocycles. The van der Waals surface area contributed by atoms with Gasteiger partial charge in [-0.25, -0.2) is 9.59 Å². The number of carbonyl (C=O) groups is 2. The minimum absolute atomic E-state index is 0.118. The molecule has 3 aromatic rings. The molecule has 2 N–H and O–H groups in total. The Hall–Kier alpha value is -4.20. The zero-order valence-electron chi connectivity index (χ0n) is 28.9. The van der Waals surface area contributed by atoms with Crippen LogP contribution in [-0.2, 0) is 31.9 Å². The fraction of sp³-hybridized carbons (Fsp3) is 0.415. The Balaban J connectivity index is 1.97. The van der Waals surface area contributed by atoms with Crippen molar-refractivity contribution in [1.82, 2.24) is 0 Å². The first-order valence-electron chi connectivity index (χ1n) is 16.9. The van der Waals surface area contributed by atoms with Crippen LogP contribution < -0.4 is 4.74 Å². The first-order chi connectivity index (χ1) is 23.1. The highest BCUT2D eigenvalue weighted by Gasteiger charge is 2.28. The Morgan fingerprint density at radius 3 is 1.60 bits per heavy atom. The Kier molecular flexibility index (Phi) is 15.6. The van der Waals surface area contributed by atoms with Gasteiger partial charge in [0.2, 0.25) is 0 Å². The predicted molar refractivity (Wildman–Crippen MR) is 192 cm³/mol. The summed E-state index contributed by atoms with van der Waals surface area (Å²) >= 11 is 0. The van der Waals surface area contributed by atoms with Crippen LogP contribution in [0.1, 0.15) is 70.4 Å². The highest BCUT2D eigenvalue weighted by molar-refractivity contribution is 5.87. The summed E-state index contributed by atoms with van der Waals surface area (Å²) in [5.41, 5.74) is 6.35. The molecule has 7 heteroatoms. The van der Waals surface area contributed by atoms with Gasteiger partial charge in [-0.1, -0.05) is 87.5 Å². The summed E-state index contributed by atoms with van der Waals surface area (Å²) in [5.74, 6) is -0.0994. The molecule has 0 aliphatic heterocycles. The lowest BCUT2D eigenvalue weighted by molar-refractivity contribution is -0.139. The van der Waals surface area contributed by atoms with E-state index >= 15 is 0 Å². The molecule has 0 fully saturated rings. The van der Waals surface area contributed by atoms with E-state index in [0.29, 0.717) is 56.3 Å². The third-order valence-corrected chi connectivity index (χ3v) is 8.52. The fourth-order valence-corrected chi connectivity index (χ4v) is 5.48. The maximum Gasteiger partial charge on any atom is 0.333 e. The van der Waals surface area contributed by atoms with Crippen molar-refractivity contribution in [3.8, 4) is 28.0 Å². The van der Waals surface area contributed by atoms with Crippen LogP contribution in [0.4, 0.5) is 0 Å². The molecule has 0 heterocycles. The largest absolute Gasteiger partial charge is 0.493 e. The van der Waals surface area contributed by atoms with Gasteiger partial charge in [-0.3, -0.25) is 0 Å². The van der Waals surface area contributed by atoms with Crippen molar-refractivity contribution in [2.24, 2.45) is 5.41 Å². The third kappa shape index (κ3) is 11.5. The molecular formula is C41H52O7. The standard InChI is InChI=1S/C41H52O7/c1-6-7-21-41(28-42,29-43)22-25-46-38-35(15-11-23-47-39(44)30(2)3)26-37(27-36(38)16-12-24-48-40(45)31(4)5)34-19-17-33(18-20-34)32-13-9-8-10-14-32/h8-10,13-14,17-20,26-27,42-43H,2,4,6-7,11-12,15-16,21-25,28-29H2,1,3,5H3. The first-order valence-corrected chi connectivity index (χ1v) is 16.9. The molecule has 48 heavy (non-hydrogen) atoms. The van der Waals surface area contributed by atoms with Crippen molar-refractivity contribution in [2.45, 2.75) is 72.1 Å². The lowest BCUT2D eigenvalue weighted by Crippen LogP contribution is -2.32. The second-order valence-corrected chi connectivity index (χ2v) is 12.6. The van der Waals surface area contributed by atoms with Gasteiger partial charge in [0.15, 0.2) is 0 Å². The van der Waals surface area contributed by atoms with E-state index in [1.165, 1.54) is 0 Å². The number of unbranched alkanes of at least 4 members (excludes halogenated alkanes) is 1. The van der Waals surface area contributed by atoms with Gasteiger partial charge >= 0.3 is 11.9 Å². The van der Waals surface area contributed by atoms with E-state index in [0.717, 1.165) is 52.0 Å². The number of benzene rings is 3. The zero-order chi connectivity index (χ0) is 34.9. The average molecular weight is 657 g/mol. The van der Waals surface area contributed by atoms with Crippen molar-refractivity contribution in [3.63, 3.8) is 0 Å². The highest BCUT2D eigenvalue weighted by atomic mass is 16.5. The van der Waals surface area contributed by atoms with Crippen LogP contribution in [0.2, 0.25) is 0 Å². The number of rotatable bonds is 21. The maximum absolute atomic E-state index is 12.0. The van der Waals surface area contributed by atoms with E-state index in [-0.39, 0.29) is 26.4 Å². The molecule has 3 aromatic carbocycles. The van der Waals surface area contributed by atoms with Crippen molar-refractivity contribution < 1.29 is 34.0 Å². The molecule has 0 aliphatic rings. The van der Waals surface area contributed by atoms with Gasteiger partial charge in [0.05, 0.1) is 33.0 Å². The minimum atomic E-state index is -0.621. The normalized spacial score (nSPS) is 11.2. The summed E-state index contributed by atoms with van der Waals surface area (Å²) < 4.78 is 17.3. The minimum Gasteiger partial charge on any atom is -0.493 e. The molecule has 258 valence electrons. The number of esters is 2. The number of hydrogen-bond donors (Lipinski definition) is 2. The Labute approximate surface area is 286 Å². The summed E-state index contributed by atoms with van der Waals surface area (Å²) in [5, 5.41) is 20.4. The number of ether oxygens (including phenoxy) is 3. The van der Waals surface area contributed by atoms with E-state index in [4.69, 9.17) is 14.2 Å². The van der Waals surface area contributed by atoms with Crippen LogP contribution in [0.5, 0.6) is 5.75 Å². The van der Waals surface area contributed by atoms with E-state index in [1.54, 1.807) is 13.8 Å².